The van der Waals surface area contributed by atoms with E-state index >= 15 is 0 Å². The largest absolute Gasteiger partial charge is 0.482 e. The number of anilines is 1. The van der Waals surface area contributed by atoms with Crippen molar-refractivity contribution >= 4 is 45.1 Å². The number of likely N-dealkylation sites (tertiary alicyclic amines) is 1. The molecule has 3 aliphatic heterocycles. The number of nitrogens with zero attached hydrogens (tertiary/aromatic N) is 2. The lowest BCUT2D eigenvalue weighted by Gasteiger charge is -2.34. The van der Waals surface area contributed by atoms with Crippen LogP contribution in [0.1, 0.15) is 32.6 Å². The summed E-state index contributed by atoms with van der Waals surface area (Å²) in [4.78, 5) is 38.2. The maximum atomic E-state index is 13.5. The van der Waals surface area contributed by atoms with Gasteiger partial charge in [0.1, 0.15) is 16.7 Å². The summed E-state index contributed by atoms with van der Waals surface area (Å²) in [6.07, 6.45) is 1.93. The molecule has 4 rings (SSSR count). The Kier molecular flexibility index (Phi) is 6.83. The van der Waals surface area contributed by atoms with Crippen molar-refractivity contribution in [2.45, 2.75) is 43.5 Å². The van der Waals surface area contributed by atoms with Gasteiger partial charge >= 0.3 is 5.97 Å². The molecule has 0 aliphatic carbocycles. The van der Waals surface area contributed by atoms with Crippen molar-refractivity contribution in [2.75, 3.05) is 38.2 Å². The predicted octanol–water partition coefficient (Wildman–Crippen LogP) is 1.63. The zero-order valence-electron chi connectivity index (χ0n) is 18.2. The van der Waals surface area contributed by atoms with Crippen LogP contribution in [0.25, 0.3) is 0 Å². The van der Waals surface area contributed by atoms with E-state index in [1.165, 1.54) is 16.4 Å². The maximum absolute atomic E-state index is 13.5. The number of carbonyl (C=O) groups is 3. The van der Waals surface area contributed by atoms with Gasteiger partial charge in [-0.3, -0.25) is 14.4 Å². The summed E-state index contributed by atoms with van der Waals surface area (Å²) in [5, 5.41) is 2.53. The van der Waals surface area contributed by atoms with Crippen LogP contribution < -0.4 is 10.1 Å². The smallest absolute Gasteiger partial charge is 0.309 e. The molecule has 1 aromatic carbocycles. The molecule has 2 fully saturated rings. The zero-order valence-corrected chi connectivity index (χ0v) is 19.8. The minimum Gasteiger partial charge on any atom is -0.482 e. The summed E-state index contributed by atoms with van der Waals surface area (Å²) < 4.78 is 38.6. The number of hydrogen-bond donors (Lipinski definition) is 1. The van der Waals surface area contributed by atoms with E-state index in [2.05, 4.69) is 5.32 Å². The molecule has 0 bridgehead atoms. The van der Waals surface area contributed by atoms with E-state index in [0.29, 0.717) is 51.1 Å². The van der Waals surface area contributed by atoms with Crippen LogP contribution in [-0.4, -0.2) is 74.3 Å². The molecule has 2 saturated heterocycles. The van der Waals surface area contributed by atoms with Crippen LogP contribution in [0, 0.1) is 5.92 Å². The van der Waals surface area contributed by atoms with Gasteiger partial charge in [-0.2, -0.15) is 4.31 Å². The number of sulfonamides is 1. The second-order valence-electron chi connectivity index (χ2n) is 8.24. The quantitative estimate of drug-likeness (QED) is 0.611. The predicted molar refractivity (Wildman–Crippen MR) is 118 cm³/mol. The van der Waals surface area contributed by atoms with E-state index < -0.39 is 16.1 Å². The first-order valence-corrected chi connectivity index (χ1v) is 12.8. The van der Waals surface area contributed by atoms with E-state index in [1.807, 2.05) is 0 Å². The van der Waals surface area contributed by atoms with Gasteiger partial charge in [-0.15, -0.1) is 0 Å². The molecule has 33 heavy (non-hydrogen) atoms. The van der Waals surface area contributed by atoms with E-state index in [1.54, 1.807) is 11.8 Å². The summed E-state index contributed by atoms with van der Waals surface area (Å²) in [6, 6.07) is 1.80. The molecule has 10 nitrogen and oxygen atoms in total. The van der Waals surface area contributed by atoms with Gasteiger partial charge in [-0.1, -0.05) is 11.6 Å². The van der Waals surface area contributed by atoms with Crippen molar-refractivity contribution in [1.82, 2.24) is 9.21 Å². The number of esters is 1. The average Bonchev–Trinajstić information content (AvgIpc) is 3.29. The highest BCUT2D eigenvalue weighted by Gasteiger charge is 2.43. The molecular formula is C21H26ClN3O7S. The summed E-state index contributed by atoms with van der Waals surface area (Å²) in [7, 11) is -4.09. The van der Waals surface area contributed by atoms with Crippen LogP contribution in [0.3, 0.4) is 0 Å². The normalized spacial score (nSPS) is 21.8. The number of ether oxygens (including phenoxy) is 2. The van der Waals surface area contributed by atoms with Crippen LogP contribution in [-0.2, 0) is 29.1 Å². The van der Waals surface area contributed by atoms with Gasteiger partial charge in [-0.05, 0) is 38.7 Å². The highest BCUT2D eigenvalue weighted by Crippen LogP contribution is 2.38. The third kappa shape index (κ3) is 4.67. The second kappa shape index (κ2) is 9.47. The Bertz CT molecular complexity index is 1070. The van der Waals surface area contributed by atoms with Gasteiger partial charge in [0.25, 0.3) is 5.91 Å². The topological polar surface area (TPSA) is 122 Å². The van der Waals surface area contributed by atoms with Crippen molar-refractivity contribution in [2.24, 2.45) is 5.92 Å². The van der Waals surface area contributed by atoms with E-state index in [4.69, 9.17) is 21.1 Å². The van der Waals surface area contributed by atoms with Crippen molar-refractivity contribution in [3.05, 3.63) is 17.2 Å². The van der Waals surface area contributed by atoms with E-state index in [-0.39, 0.29) is 52.5 Å². The molecule has 1 atom stereocenters. The maximum Gasteiger partial charge on any atom is 0.309 e. The number of fused-ring (bicyclic) bond motifs is 1. The number of carbonyl (C=O) groups excluding carboxylic acids is 3. The molecule has 2 amide bonds. The Morgan fingerprint density at radius 2 is 1.94 bits per heavy atom. The van der Waals surface area contributed by atoms with E-state index in [0.717, 1.165) is 0 Å². The molecule has 0 unspecified atom stereocenters. The monoisotopic (exact) mass is 499 g/mol. The van der Waals surface area contributed by atoms with Crippen molar-refractivity contribution in [1.29, 1.82) is 0 Å². The first-order valence-electron chi connectivity index (χ1n) is 11.0. The highest BCUT2D eigenvalue weighted by atomic mass is 35.5. The molecule has 180 valence electrons. The summed E-state index contributed by atoms with van der Waals surface area (Å²) >= 11 is 6.27. The fourth-order valence-electron chi connectivity index (χ4n) is 4.49. The summed E-state index contributed by atoms with van der Waals surface area (Å²) in [5.74, 6) is -0.912. The Hall–Kier alpha value is -2.37. The lowest BCUT2D eigenvalue weighted by molar-refractivity contribution is -0.151. The van der Waals surface area contributed by atoms with Crippen LogP contribution in [0.5, 0.6) is 5.75 Å². The number of benzene rings is 1. The molecular weight excluding hydrogens is 474 g/mol. The number of halogens is 1. The minimum atomic E-state index is -4.09. The van der Waals surface area contributed by atoms with Gasteiger partial charge in [0.15, 0.2) is 6.61 Å². The van der Waals surface area contributed by atoms with Crippen LogP contribution >= 0.6 is 11.6 Å². The van der Waals surface area contributed by atoms with Gasteiger partial charge in [-0.25, -0.2) is 8.42 Å². The number of hydrogen-bond acceptors (Lipinski definition) is 7. The fourth-order valence-corrected chi connectivity index (χ4v) is 6.66. The number of piperidine rings is 1. The van der Waals surface area contributed by atoms with Crippen molar-refractivity contribution in [3.8, 4) is 5.75 Å². The standard InChI is InChI=1S/C21H26ClN3O7S/c1-2-31-21(28)13-5-8-24(9-6-13)20(27)16-4-3-7-25(16)33(29,30)18-11-17-15(10-14(18)22)23-19(26)12-32-17/h10-11,13,16H,2-9,12H2,1H3,(H,23,26)/t16-/m0/s1. The number of amides is 2. The molecule has 1 aromatic rings. The van der Waals surface area contributed by atoms with Crippen LogP contribution in [0.15, 0.2) is 17.0 Å². The lowest BCUT2D eigenvalue weighted by atomic mass is 9.96. The van der Waals surface area contributed by atoms with Crippen LogP contribution in [0.4, 0.5) is 5.69 Å². The minimum absolute atomic E-state index is 0.0621. The highest BCUT2D eigenvalue weighted by molar-refractivity contribution is 7.89. The number of rotatable bonds is 5. The first kappa shape index (κ1) is 23.8. The molecule has 3 aliphatic rings. The second-order valence-corrected chi connectivity index (χ2v) is 10.5. The van der Waals surface area contributed by atoms with Crippen molar-refractivity contribution < 1.29 is 32.3 Å². The molecule has 0 saturated carbocycles. The third-order valence-electron chi connectivity index (χ3n) is 6.17. The van der Waals surface area contributed by atoms with Gasteiger partial charge in [0.2, 0.25) is 15.9 Å². The Morgan fingerprint density at radius 3 is 2.64 bits per heavy atom. The van der Waals surface area contributed by atoms with Crippen molar-refractivity contribution in [3.63, 3.8) is 0 Å². The van der Waals surface area contributed by atoms with Gasteiger partial charge in [0.05, 0.1) is 23.2 Å². The Labute approximate surface area is 197 Å². The van der Waals surface area contributed by atoms with Gasteiger partial charge < -0.3 is 19.7 Å². The fraction of sp³-hybridized carbons (Fsp3) is 0.571. The lowest BCUT2D eigenvalue weighted by Crippen LogP contribution is -2.50. The molecule has 3 heterocycles. The van der Waals surface area contributed by atoms with Crippen LogP contribution in [0.2, 0.25) is 5.02 Å². The Morgan fingerprint density at radius 1 is 1.21 bits per heavy atom. The Balaban J connectivity index is 1.51. The molecule has 0 aromatic heterocycles. The summed E-state index contributed by atoms with van der Waals surface area (Å²) in [6.45, 7) is 2.79. The number of nitrogens with one attached hydrogen (secondary N) is 1. The average molecular weight is 500 g/mol. The molecule has 12 heteroatoms. The summed E-state index contributed by atoms with van der Waals surface area (Å²) in [5.41, 5.74) is 0.300. The zero-order chi connectivity index (χ0) is 23.8. The first-order chi connectivity index (χ1) is 15.7. The van der Waals surface area contributed by atoms with Gasteiger partial charge in [0, 0.05) is 25.7 Å². The van der Waals surface area contributed by atoms with E-state index in [9.17, 15) is 22.8 Å². The molecule has 0 spiro atoms. The third-order valence-corrected chi connectivity index (χ3v) is 8.54. The molecule has 1 N–H and O–H groups in total. The molecule has 0 radical (unpaired) electrons. The SMILES string of the molecule is CCOC(=O)C1CCN(C(=O)[C@@H]2CCCN2S(=O)(=O)c2cc3c(cc2Cl)NC(=O)CO3)CC1.